The lowest BCUT2D eigenvalue weighted by Crippen LogP contribution is -2.51. The van der Waals surface area contributed by atoms with Crippen LogP contribution >= 0.6 is 23.2 Å². The molecule has 2 heterocycles. The van der Waals surface area contributed by atoms with Gasteiger partial charge >= 0.3 is 0 Å². The Balaban J connectivity index is 1.46. The summed E-state index contributed by atoms with van der Waals surface area (Å²) in [4.78, 5) is 26.2. The van der Waals surface area contributed by atoms with E-state index in [1.54, 1.807) is 0 Å². The van der Waals surface area contributed by atoms with Gasteiger partial charge in [0.15, 0.2) is 5.75 Å². The number of nitrogens with one attached hydrogen (secondary N) is 2. The van der Waals surface area contributed by atoms with E-state index in [1.165, 1.54) is 28.6 Å². The van der Waals surface area contributed by atoms with Crippen molar-refractivity contribution in [3.63, 3.8) is 0 Å². The van der Waals surface area contributed by atoms with E-state index in [2.05, 4.69) is 15.5 Å². The summed E-state index contributed by atoms with van der Waals surface area (Å²) in [6.07, 6.45) is 1.89. The van der Waals surface area contributed by atoms with E-state index >= 15 is 0 Å². The van der Waals surface area contributed by atoms with Gasteiger partial charge in [0.05, 0.1) is 21.4 Å². The fourth-order valence-corrected chi connectivity index (χ4v) is 6.94. The highest BCUT2D eigenvalue weighted by Crippen LogP contribution is 2.41. The number of halogens is 3. The van der Waals surface area contributed by atoms with Crippen LogP contribution in [0.4, 0.5) is 27.1 Å². The first kappa shape index (κ1) is 25.0. The van der Waals surface area contributed by atoms with Crippen molar-refractivity contribution in [2.24, 2.45) is 0 Å². The fraction of sp³-hybridized carbons (Fsp3) is 0.304. The van der Waals surface area contributed by atoms with Crippen molar-refractivity contribution in [3.05, 3.63) is 66.6 Å². The van der Waals surface area contributed by atoms with Crippen LogP contribution in [0, 0.1) is 5.82 Å². The van der Waals surface area contributed by atoms with Crippen molar-refractivity contribution in [1.82, 2.24) is 9.21 Å². The summed E-state index contributed by atoms with van der Waals surface area (Å²) in [7, 11) is -4.16. The van der Waals surface area contributed by atoms with E-state index in [1.807, 2.05) is 0 Å². The minimum absolute atomic E-state index is 0.0569. The van der Waals surface area contributed by atoms with Crippen LogP contribution in [0.15, 0.2) is 44.8 Å². The van der Waals surface area contributed by atoms with Crippen LogP contribution < -0.4 is 21.5 Å². The van der Waals surface area contributed by atoms with E-state index in [4.69, 9.17) is 23.2 Å². The highest BCUT2D eigenvalue weighted by atomic mass is 35.5. The van der Waals surface area contributed by atoms with Gasteiger partial charge in [-0.3, -0.25) is 14.5 Å². The molecule has 2 aliphatic heterocycles. The minimum atomic E-state index is -4.16. The molecule has 0 amide bonds. The number of nitrogens with zero attached hydrogens (tertiary/aromatic N) is 2. The third kappa shape index (κ3) is 4.14. The van der Waals surface area contributed by atoms with Crippen molar-refractivity contribution in [1.29, 1.82) is 0 Å². The van der Waals surface area contributed by atoms with Gasteiger partial charge in [-0.05, 0) is 43.7 Å². The van der Waals surface area contributed by atoms with E-state index in [0.29, 0.717) is 6.54 Å². The Morgan fingerprint density at radius 3 is 2.39 bits per heavy atom. The lowest BCUT2D eigenvalue weighted by atomic mass is 10.1. The zero-order valence-corrected chi connectivity index (χ0v) is 21.1. The van der Waals surface area contributed by atoms with Crippen molar-refractivity contribution in [2.45, 2.75) is 23.8 Å². The SMILES string of the molecule is O=c1c(Nc2ccc(Cl)c(S(=O)(=O)N3CCN4CCCC4C3)c2O)c(Nc2cccc(F)c2Cl)c1=O. The number of aromatic hydroxyl groups is 1. The van der Waals surface area contributed by atoms with Crippen LogP contribution in [0.3, 0.4) is 0 Å². The second-order valence-electron chi connectivity index (χ2n) is 8.73. The molecule has 2 aliphatic rings. The van der Waals surface area contributed by atoms with Gasteiger partial charge in [0.25, 0.3) is 10.9 Å². The van der Waals surface area contributed by atoms with Gasteiger partial charge < -0.3 is 15.7 Å². The van der Waals surface area contributed by atoms with E-state index in [-0.39, 0.29) is 51.9 Å². The quantitative estimate of drug-likeness (QED) is 0.313. The highest BCUT2D eigenvalue weighted by molar-refractivity contribution is 7.89. The molecule has 0 aromatic heterocycles. The third-order valence-corrected chi connectivity index (χ3v) is 9.36. The highest BCUT2D eigenvalue weighted by Gasteiger charge is 2.39. The Morgan fingerprint density at radius 2 is 1.67 bits per heavy atom. The summed E-state index contributed by atoms with van der Waals surface area (Å²) < 4.78 is 42.0. The van der Waals surface area contributed by atoms with Crippen LogP contribution in [-0.4, -0.2) is 55.0 Å². The summed E-state index contributed by atoms with van der Waals surface area (Å²) in [6.45, 7) is 2.06. The molecule has 190 valence electrons. The molecule has 2 fully saturated rings. The Morgan fingerprint density at radius 1 is 0.972 bits per heavy atom. The number of hydrogen-bond acceptors (Lipinski definition) is 8. The van der Waals surface area contributed by atoms with Gasteiger partial charge in [0.2, 0.25) is 10.0 Å². The van der Waals surface area contributed by atoms with Gasteiger partial charge in [0, 0.05) is 25.7 Å². The number of hydrogen-bond donors (Lipinski definition) is 3. The number of rotatable bonds is 6. The third-order valence-electron chi connectivity index (χ3n) is 6.61. The number of anilines is 4. The van der Waals surface area contributed by atoms with Crippen molar-refractivity contribution in [2.75, 3.05) is 36.8 Å². The van der Waals surface area contributed by atoms with Gasteiger partial charge in [-0.2, -0.15) is 4.31 Å². The number of phenolic OH excluding ortho intramolecular Hbond substituents is 1. The molecule has 0 aliphatic carbocycles. The van der Waals surface area contributed by atoms with Crippen LogP contribution in [0.25, 0.3) is 0 Å². The molecular weight excluding hydrogens is 534 g/mol. The van der Waals surface area contributed by atoms with E-state index < -0.39 is 37.3 Å². The number of phenols is 1. The maximum absolute atomic E-state index is 13.8. The van der Waals surface area contributed by atoms with Crippen LogP contribution in [0.2, 0.25) is 10.0 Å². The molecule has 1 atom stereocenters. The predicted octanol–water partition coefficient (Wildman–Crippen LogP) is 3.39. The summed E-state index contributed by atoms with van der Waals surface area (Å²) in [6, 6.07) is 6.61. The number of benzene rings is 2. The molecule has 5 rings (SSSR count). The van der Waals surface area contributed by atoms with Gasteiger partial charge in [-0.1, -0.05) is 29.3 Å². The maximum Gasteiger partial charge on any atom is 0.253 e. The zero-order chi connectivity index (χ0) is 25.8. The molecule has 0 saturated carbocycles. The summed E-state index contributed by atoms with van der Waals surface area (Å²) in [5.41, 5.74) is -2.31. The van der Waals surface area contributed by atoms with Gasteiger partial charge in [0.1, 0.15) is 22.1 Å². The molecule has 2 saturated heterocycles. The molecule has 0 bridgehead atoms. The second-order valence-corrected chi connectivity index (χ2v) is 11.4. The smallest absolute Gasteiger partial charge is 0.253 e. The van der Waals surface area contributed by atoms with Crippen molar-refractivity contribution in [3.8, 4) is 5.75 Å². The molecule has 9 nitrogen and oxygen atoms in total. The first-order valence-corrected chi connectivity index (χ1v) is 13.4. The average Bonchev–Trinajstić information content (AvgIpc) is 3.32. The van der Waals surface area contributed by atoms with Crippen LogP contribution in [-0.2, 0) is 10.0 Å². The Labute approximate surface area is 215 Å². The second kappa shape index (κ2) is 9.31. The predicted molar refractivity (Wildman–Crippen MR) is 136 cm³/mol. The molecular formula is C23H21Cl2FN4O5S. The van der Waals surface area contributed by atoms with Crippen LogP contribution in [0.5, 0.6) is 5.75 Å². The van der Waals surface area contributed by atoms with Crippen LogP contribution in [0.1, 0.15) is 12.8 Å². The Bertz CT molecular complexity index is 1540. The minimum Gasteiger partial charge on any atom is -0.504 e. The van der Waals surface area contributed by atoms with E-state index in [9.17, 15) is 27.5 Å². The van der Waals surface area contributed by atoms with Crippen molar-refractivity contribution >= 4 is 56.0 Å². The molecule has 0 radical (unpaired) electrons. The summed E-state index contributed by atoms with van der Waals surface area (Å²) in [5, 5.41) is 15.7. The molecule has 36 heavy (non-hydrogen) atoms. The lowest BCUT2D eigenvalue weighted by Gasteiger charge is -2.36. The lowest BCUT2D eigenvalue weighted by molar-refractivity contribution is 0.158. The first-order chi connectivity index (χ1) is 17.1. The van der Waals surface area contributed by atoms with Gasteiger partial charge in [-0.25, -0.2) is 12.8 Å². The average molecular weight is 555 g/mol. The monoisotopic (exact) mass is 554 g/mol. The standard InChI is InChI=1S/C23H21Cl2FN4O5S/c24-13-6-7-16(20(31)23(13)36(34,35)30-10-9-29-8-2-3-12(29)11-30)28-19-18(21(32)22(19)33)27-15-5-1-4-14(26)17(15)25/h1,4-7,12,27-28,31H,2-3,8-11H2. The zero-order valence-electron chi connectivity index (χ0n) is 18.7. The molecule has 3 aromatic carbocycles. The number of piperazine rings is 1. The largest absolute Gasteiger partial charge is 0.504 e. The van der Waals surface area contributed by atoms with E-state index in [0.717, 1.165) is 25.5 Å². The molecule has 13 heteroatoms. The molecule has 0 spiro atoms. The molecule has 1 unspecified atom stereocenters. The summed E-state index contributed by atoms with van der Waals surface area (Å²) in [5.74, 6) is -1.40. The Hall–Kier alpha value is -2.70. The molecule has 3 aromatic rings. The first-order valence-electron chi connectivity index (χ1n) is 11.2. The topological polar surface area (TPSA) is 119 Å². The number of fused-ring (bicyclic) bond motifs is 1. The fourth-order valence-electron chi connectivity index (χ4n) is 4.70. The molecule has 3 N–H and O–H groups in total. The number of sulfonamides is 1. The Kier molecular flexibility index (Phi) is 6.46. The normalized spacial score (nSPS) is 18.9. The maximum atomic E-state index is 13.8. The summed E-state index contributed by atoms with van der Waals surface area (Å²) >= 11 is 12.1. The van der Waals surface area contributed by atoms with Crippen molar-refractivity contribution < 1.29 is 17.9 Å². The van der Waals surface area contributed by atoms with Gasteiger partial charge in [-0.15, -0.1) is 0 Å².